The van der Waals surface area contributed by atoms with E-state index >= 15 is 0 Å². The van der Waals surface area contributed by atoms with Crippen molar-refractivity contribution < 1.29 is 26.7 Å². The van der Waals surface area contributed by atoms with Crippen LogP contribution in [0, 0.1) is 12.8 Å². The van der Waals surface area contributed by atoms with E-state index in [0.717, 1.165) is 25.5 Å². The van der Waals surface area contributed by atoms with Crippen LogP contribution in [-0.4, -0.2) is 57.3 Å². The third-order valence-electron chi connectivity index (χ3n) is 7.55. The van der Waals surface area contributed by atoms with Crippen molar-refractivity contribution in [2.24, 2.45) is 13.0 Å². The molecule has 2 atom stereocenters. The molecule has 216 valence electrons. The third kappa shape index (κ3) is 5.35. The first-order valence-electron chi connectivity index (χ1n) is 13.4. The van der Waals surface area contributed by atoms with Crippen LogP contribution in [0.2, 0.25) is 0 Å². The lowest BCUT2D eigenvalue weighted by Crippen LogP contribution is -2.20. The molecule has 4 heterocycles. The molecule has 1 N–H and O–H groups in total. The molecule has 1 aliphatic carbocycles. The van der Waals surface area contributed by atoms with Crippen LogP contribution in [0.5, 0.6) is 0 Å². The molecule has 1 aliphatic heterocycles. The molecule has 0 bridgehead atoms. The van der Waals surface area contributed by atoms with Crippen molar-refractivity contribution >= 4 is 38.2 Å². The molecule has 2 aliphatic rings. The first-order chi connectivity index (χ1) is 19.4. The summed E-state index contributed by atoms with van der Waals surface area (Å²) in [5.74, 6) is -4.23. The van der Waals surface area contributed by atoms with Gasteiger partial charge in [-0.05, 0) is 50.5 Å². The highest BCUT2D eigenvalue weighted by Gasteiger charge is 2.60. The number of ketones is 1. The van der Waals surface area contributed by atoms with Gasteiger partial charge in [0.05, 0.1) is 33.6 Å². The molecule has 0 amide bonds. The number of imidazole rings is 1. The largest absolute Gasteiger partial charge is 0.358 e. The monoisotopic (exact) mass is 584 g/mol. The van der Waals surface area contributed by atoms with Crippen LogP contribution >= 0.6 is 0 Å². The molecule has 4 aromatic rings. The number of benzene rings is 1. The molecular weight excluding hydrogens is 554 g/mol. The van der Waals surface area contributed by atoms with Crippen LogP contribution in [0.15, 0.2) is 41.4 Å². The zero-order valence-electron chi connectivity index (χ0n) is 22.9. The van der Waals surface area contributed by atoms with Crippen molar-refractivity contribution in [1.29, 1.82) is 0 Å². The molecule has 1 aromatic carbocycles. The third-order valence-corrected chi connectivity index (χ3v) is 8.69. The maximum absolute atomic E-state index is 13.6. The Balaban J connectivity index is 1.45. The maximum atomic E-state index is 13.6. The number of nitrogens with one attached hydrogen (secondary N) is 1. The predicted octanol–water partition coefficient (Wildman–Crippen LogP) is 4.75. The van der Waals surface area contributed by atoms with Gasteiger partial charge in [0.2, 0.25) is 0 Å². The summed E-state index contributed by atoms with van der Waals surface area (Å²) in [6.45, 7) is 2.41. The van der Waals surface area contributed by atoms with Crippen LogP contribution < -0.4 is 5.32 Å². The van der Waals surface area contributed by atoms with E-state index in [0.29, 0.717) is 46.2 Å². The van der Waals surface area contributed by atoms with E-state index in [1.54, 1.807) is 48.3 Å². The van der Waals surface area contributed by atoms with Crippen LogP contribution in [0.1, 0.15) is 43.4 Å². The summed E-state index contributed by atoms with van der Waals surface area (Å²) in [5, 5.41) is 7.57. The van der Waals surface area contributed by atoms with Crippen LogP contribution in [0.4, 0.5) is 20.2 Å². The van der Waals surface area contributed by atoms with Crippen molar-refractivity contribution in [3.8, 4) is 11.3 Å². The highest BCUT2D eigenvalue weighted by Crippen LogP contribution is 2.49. The van der Waals surface area contributed by atoms with E-state index in [-0.39, 0.29) is 23.2 Å². The molecule has 0 radical (unpaired) electrons. The van der Waals surface area contributed by atoms with E-state index < -0.39 is 33.9 Å². The number of rotatable bonds is 8. The zero-order valence-corrected chi connectivity index (χ0v) is 23.7. The van der Waals surface area contributed by atoms with Gasteiger partial charge in [-0.1, -0.05) is 6.07 Å². The van der Waals surface area contributed by atoms with Crippen molar-refractivity contribution in [3.05, 3.63) is 48.0 Å². The van der Waals surface area contributed by atoms with Crippen molar-refractivity contribution in [1.82, 2.24) is 24.3 Å². The second-order valence-corrected chi connectivity index (χ2v) is 12.8. The maximum Gasteiger partial charge on any atom is 0.258 e. The number of hydrogen-bond acceptors (Lipinski definition) is 8. The Labute approximate surface area is 235 Å². The number of pyridine rings is 1. The van der Waals surface area contributed by atoms with E-state index in [1.807, 2.05) is 11.5 Å². The molecule has 6 rings (SSSR count). The second kappa shape index (κ2) is 9.98. The fraction of sp³-hybridized carbons (Fsp3) is 0.429. The highest BCUT2D eigenvalue weighted by molar-refractivity contribution is 7.90. The van der Waals surface area contributed by atoms with E-state index in [2.05, 4.69) is 15.4 Å². The quantitative estimate of drug-likeness (QED) is 0.315. The van der Waals surface area contributed by atoms with Gasteiger partial charge in [-0.2, -0.15) is 5.10 Å². The summed E-state index contributed by atoms with van der Waals surface area (Å²) in [7, 11) is -1.92. The Bertz CT molecular complexity index is 1780. The SMILES string of the molecule is Cc1nc2c(Nc3ccc(-c4ccn(C)n4)cc3S(C)(=O)=O)cc(CC(=O)C3CC3(F)F)nc2n1C1CCCCO1. The lowest BCUT2D eigenvalue weighted by Gasteiger charge is -2.25. The number of anilines is 2. The Morgan fingerprint density at radius 2 is 1.95 bits per heavy atom. The number of nitrogens with zero attached hydrogens (tertiary/aromatic N) is 5. The van der Waals surface area contributed by atoms with Gasteiger partial charge in [-0.15, -0.1) is 0 Å². The number of sulfone groups is 1. The molecule has 0 spiro atoms. The van der Waals surface area contributed by atoms with Gasteiger partial charge >= 0.3 is 0 Å². The van der Waals surface area contributed by atoms with Gasteiger partial charge in [-0.25, -0.2) is 27.2 Å². The van der Waals surface area contributed by atoms with Crippen LogP contribution in [0.25, 0.3) is 22.4 Å². The Morgan fingerprint density at radius 1 is 1.17 bits per heavy atom. The lowest BCUT2D eigenvalue weighted by molar-refractivity contribution is -0.121. The molecule has 2 unspecified atom stereocenters. The molecule has 1 saturated heterocycles. The normalized spacial score (nSPS) is 20.3. The van der Waals surface area contributed by atoms with Crippen molar-refractivity contribution in [2.45, 2.75) is 56.1 Å². The summed E-state index contributed by atoms with van der Waals surface area (Å²) in [4.78, 5) is 22.1. The predicted molar refractivity (Wildman–Crippen MR) is 148 cm³/mol. The number of alkyl halides is 2. The Hall–Kier alpha value is -3.71. The number of aryl methyl sites for hydroxylation is 2. The fourth-order valence-corrected chi connectivity index (χ4v) is 6.21. The minimum atomic E-state index is -3.69. The summed E-state index contributed by atoms with van der Waals surface area (Å²) in [6, 6.07) is 8.33. The molecule has 13 heteroatoms. The molecule has 3 aromatic heterocycles. The van der Waals surface area contributed by atoms with Gasteiger partial charge in [0, 0.05) is 44.5 Å². The summed E-state index contributed by atoms with van der Waals surface area (Å²) < 4.78 is 62.6. The zero-order chi connectivity index (χ0) is 29.1. The van der Waals surface area contributed by atoms with Gasteiger partial charge in [-0.3, -0.25) is 14.0 Å². The number of carbonyl (C=O) groups excluding carboxylic acids is 1. The average molecular weight is 585 g/mol. The van der Waals surface area contributed by atoms with Gasteiger partial charge in [0.1, 0.15) is 23.4 Å². The molecule has 41 heavy (non-hydrogen) atoms. The van der Waals surface area contributed by atoms with Gasteiger partial charge < -0.3 is 10.1 Å². The minimum Gasteiger partial charge on any atom is -0.358 e. The number of aromatic nitrogens is 5. The lowest BCUT2D eigenvalue weighted by atomic mass is 10.1. The summed E-state index contributed by atoms with van der Waals surface area (Å²) in [6.07, 6.45) is 4.51. The van der Waals surface area contributed by atoms with Crippen LogP contribution in [0.3, 0.4) is 0 Å². The fourth-order valence-electron chi connectivity index (χ4n) is 5.35. The second-order valence-electron chi connectivity index (χ2n) is 10.8. The van der Waals surface area contributed by atoms with Gasteiger partial charge in [0.15, 0.2) is 15.5 Å². The first kappa shape index (κ1) is 27.5. The van der Waals surface area contributed by atoms with E-state index in [4.69, 9.17) is 9.72 Å². The summed E-state index contributed by atoms with van der Waals surface area (Å²) >= 11 is 0. The van der Waals surface area contributed by atoms with Crippen molar-refractivity contribution in [3.63, 3.8) is 0 Å². The molecule has 2 fully saturated rings. The van der Waals surface area contributed by atoms with Crippen LogP contribution in [-0.2, 0) is 32.8 Å². The number of hydrogen-bond donors (Lipinski definition) is 1. The number of fused-ring (bicyclic) bond motifs is 1. The molecule has 10 nitrogen and oxygen atoms in total. The number of ether oxygens (including phenoxy) is 1. The highest BCUT2D eigenvalue weighted by atomic mass is 32.2. The summed E-state index contributed by atoms with van der Waals surface area (Å²) in [5.41, 5.74) is 3.14. The van der Waals surface area contributed by atoms with E-state index in [9.17, 15) is 22.0 Å². The average Bonchev–Trinajstić information content (AvgIpc) is 3.19. The van der Waals surface area contributed by atoms with Gasteiger partial charge in [0.25, 0.3) is 5.92 Å². The molecular formula is C28H30F2N6O4S. The van der Waals surface area contributed by atoms with Crippen molar-refractivity contribution in [2.75, 3.05) is 18.2 Å². The Kier molecular flexibility index (Phi) is 6.68. The smallest absolute Gasteiger partial charge is 0.258 e. The first-order valence-corrected chi connectivity index (χ1v) is 15.3. The topological polar surface area (TPSA) is 121 Å². The Morgan fingerprint density at radius 3 is 2.59 bits per heavy atom. The minimum absolute atomic E-state index is 0.0487. The van der Waals surface area contributed by atoms with E-state index in [1.165, 1.54) is 0 Å². The standard InChI is InChI=1S/C28H30F2N6O4S/c1-16-31-26-22(33-21-8-7-17(12-24(21)41(3,38)39)20-9-10-35(2)34-20)13-18(14-23(37)19-15-28(19,29)30)32-27(26)36(16)25-6-4-5-11-40-25/h7-10,12-13,19,25H,4-6,11,14-15H2,1-3H3,(H,32,33). The number of halogens is 2. The number of carbonyl (C=O) groups is 1. The number of Topliss-reactive ketones (excluding diaryl/α,β-unsaturated/α-hetero) is 1. The molecule has 1 saturated carbocycles.